The maximum atomic E-state index is 13.2. The zero-order valence-electron chi connectivity index (χ0n) is 25.4. The molecule has 0 radical (unpaired) electrons. The predicted octanol–water partition coefficient (Wildman–Crippen LogP) is -6.64. The van der Waals surface area contributed by atoms with E-state index in [0.717, 1.165) is 12.8 Å². The number of nitrogens with two attached hydrogens (primary N) is 5. The van der Waals surface area contributed by atoms with Crippen LogP contribution in [0.15, 0.2) is 0 Å². The van der Waals surface area contributed by atoms with Gasteiger partial charge in [-0.1, -0.05) is 0 Å². The molecule has 3 aliphatic carbocycles. The van der Waals surface area contributed by atoms with Crippen LogP contribution in [0.1, 0.15) is 38.5 Å². The van der Waals surface area contributed by atoms with Crippen LogP contribution in [0.3, 0.4) is 0 Å². The first-order valence-electron chi connectivity index (χ1n) is 16.0. The van der Waals surface area contributed by atoms with Crippen LogP contribution in [0, 0.1) is 11.8 Å². The van der Waals surface area contributed by atoms with Crippen LogP contribution in [0.25, 0.3) is 0 Å². The predicted molar refractivity (Wildman–Crippen MR) is 158 cm³/mol. The van der Waals surface area contributed by atoms with Gasteiger partial charge in [-0.05, 0) is 38.1 Å². The summed E-state index contributed by atoms with van der Waals surface area (Å²) in [4.78, 5) is 13.2. The van der Waals surface area contributed by atoms with E-state index in [9.17, 15) is 35.4 Å². The van der Waals surface area contributed by atoms with E-state index < -0.39 is 103 Å². The largest absolute Gasteiger partial charge is 0.394 e. The average Bonchev–Trinajstić information content (AvgIpc) is 2.96. The zero-order chi connectivity index (χ0) is 32.8. The lowest BCUT2D eigenvalue weighted by molar-refractivity contribution is -0.307. The first-order valence-corrected chi connectivity index (χ1v) is 16.0. The topological polar surface area (TPSA) is 320 Å². The third-order valence-corrected chi connectivity index (χ3v) is 10.5. The lowest BCUT2D eigenvalue weighted by atomic mass is 9.71. The number of amides is 1. The number of carbonyl (C=O) groups is 1. The molecule has 5 aliphatic rings. The molecule has 2 heterocycles. The van der Waals surface area contributed by atoms with E-state index >= 15 is 0 Å². The molecule has 14 unspecified atom stereocenters. The van der Waals surface area contributed by atoms with Gasteiger partial charge in [0, 0.05) is 49.5 Å². The van der Waals surface area contributed by atoms with Crippen LogP contribution in [0.5, 0.6) is 0 Å². The van der Waals surface area contributed by atoms with Crippen molar-refractivity contribution in [1.29, 1.82) is 0 Å². The highest BCUT2D eigenvalue weighted by Crippen LogP contribution is 2.38. The number of nitrogens with one attached hydrogen (secondary N) is 2. The number of aliphatic hydroxyl groups excluding tert-OH is 5. The van der Waals surface area contributed by atoms with Crippen molar-refractivity contribution in [2.24, 2.45) is 40.5 Å². The second kappa shape index (κ2) is 14.2. The quantitative estimate of drug-likeness (QED) is 0.105. The molecule has 0 aromatic carbocycles. The van der Waals surface area contributed by atoms with E-state index in [2.05, 4.69) is 10.6 Å². The summed E-state index contributed by atoms with van der Waals surface area (Å²) in [7, 11) is 0. The van der Waals surface area contributed by atoms with Crippen LogP contribution < -0.4 is 39.3 Å². The standard InChI is InChI=1S/C28H53N7O10/c29-7-17-16(37)4-14(34-8-10-1-11(30)2-10)24(43-17)19-13(32)3-15(35-27(41)28(42)5-12(31)6-28)25(22(19)39)45-26-23(40)20(33)21(38)18(9-36)44-26/h10-26,34,36-40,42H,1-9,29-33H2,(H,35,41). The van der Waals surface area contributed by atoms with E-state index in [4.69, 9.17) is 42.9 Å². The van der Waals surface area contributed by atoms with Crippen molar-refractivity contribution in [3.63, 3.8) is 0 Å². The molecule has 0 spiro atoms. The minimum absolute atomic E-state index is 0.0319. The second-order valence-electron chi connectivity index (χ2n) is 13.9. The molecular formula is C28H53N7O10. The maximum absolute atomic E-state index is 13.2. The summed E-state index contributed by atoms with van der Waals surface area (Å²) in [6.45, 7) is 0.0399. The summed E-state index contributed by atoms with van der Waals surface area (Å²) in [5, 5.41) is 70.7. The monoisotopic (exact) mass is 647 g/mol. The third kappa shape index (κ3) is 7.18. The van der Waals surface area contributed by atoms with E-state index in [0.29, 0.717) is 12.5 Å². The number of ether oxygens (including phenoxy) is 3. The van der Waals surface area contributed by atoms with Crippen molar-refractivity contribution in [3.8, 4) is 0 Å². The van der Waals surface area contributed by atoms with Crippen molar-refractivity contribution in [2.45, 2.75) is 135 Å². The minimum Gasteiger partial charge on any atom is -0.394 e. The minimum atomic E-state index is -1.69. The fourth-order valence-corrected chi connectivity index (χ4v) is 7.70. The number of aliphatic hydroxyl groups is 6. The van der Waals surface area contributed by atoms with Crippen molar-refractivity contribution >= 4 is 5.91 Å². The summed E-state index contributed by atoms with van der Waals surface area (Å²) in [5.74, 6) is -1.15. The first kappa shape index (κ1) is 35.2. The lowest BCUT2D eigenvalue weighted by Crippen LogP contribution is -2.71. The molecule has 0 aromatic rings. The van der Waals surface area contributed by atoms with Gasteiger partial charge in [-0.15, -0.1) is 0 Å². The highest BCUT2D eigenvalue weighted by molar-refractivity contribution is 5.86. The molecule has 5 fully saturated rings. The molecule has 2 aliphatic heterocycles. The third-order valence-electron chi connectivity index (χ3n) is 10.5. The summed E-state index contributed by atoms with van der Waals surface area (Å²) in [5.41, 5.74) is 28.7. The van der Waals surface area contributed by atoms with Gasteiger partial charge < -0.3 is 84.2 Å². The lowest BCUT2D eigenvalue weighted by Gasteiger charge is -2.52. The first-order chi connectivity index (χ1) is 21.3. The molecule has 18 N–H and O–H groups in total. The van der Waals surface area contributed by atoms with Gasteiger partial charge >= 0.3 is 0 Å². The normalized spacial score (nSPS) is 52.0. The SMILES string of the molecule is NCC1OC(C2C(N)CC(NC(=O)C3(O)CC(N)C3)C(OC3OC(CO)C(O)C(N)C3O)C2O)C(NCC2CC(N)C2)CC1O. The van der Waals surface area contributed by atoms with Crippen LogP contribution in [-0.2, 0) is 19.0 Å². The average molecular weight is 648 g/mol. The number of hydrogen-bond acceptors (Lipinski definition) is 16. The van der Waals surface area contributed by atoms with Gasteiger partial charge in [0.2, 0.25) is 0 Å². The Morgan fingerprint density at radius 3 is 2.18 bits per heavy atom. The van der Waals surface area contributed by atoms with Gasteiger partial charge in [-0.2, -0.15) is 0 Å². The Kier molecular flexibility index (Phi) is 11.1. The van der Waals surface area contributed by atoms with Crippen molar-refractivity contribution < 1.29 is 49.6 Å². The van der Waals surface area contributed by atoms with Crippen LogP contribution in [-0.4, -0.2) is 153 Å². The molecule has 3 saturated carbocycles. The van der Waals surface area contributed by atoms with Gasteiger partial charge in [-0.3, -0.25) is 4.79 Å². The van der Waals surface area contributed by atoms with Crippen molar-refractivity contribution in [3.05, 3.63) is 0 Å². The number of hydrogen-bond donors (Lipinski definition) is 13. The van der Waals surface area contributed by atoms with Crippen LogP contribution in [0.2, 0.25) is 0 Å². The van der Waals surface area contributed by atoms with Gasteiger partial charge in [-0.25, -0.2) is 0 Å². The Morgan fingerprint density at radius 2 is 1.58 bits per heavy atom. The molecule has 0 bridgehead atoms. The highest BCUT2D eigenvalue weighted by atomic mass is 16.7. The molecule has 17 heteroatoms. The second-order valence-corrected chi connectivity index (χ2v) is 13.9. The van der Waals surface area contributed by atoms with E-state index in [1.165, 1.54) is 0 Å². The fourth-order valence-electron chi connectivity index (χ4n) is 7.70. The summed E-state index contributed by atoms with van der Waals surface area (Å²) < 4.78 is 18.1. The molecular weight excluding hydrogens is 594 g/mol. The molecule has 0 aromatic heterocycles. The van der Waals surface area contributed by atoms with E-state index in [1.54, 1.807) is 0 Å². The van der Waals surface area contributed by atoms with Gasteiger partial charge in [0.25, 0.3) is 5.91 Å². The highest BCUT2D eigenvalue weighted by Gasteiger charge is 2.55. The molecule has 1 amide bonds. The molecule has 14 atom stereocenters. The Morgan fingerprint density at radius 1 is 0.889 bits per heavy atom. The zero-order valence-corrected chi connectivity index (χ0v) is 25.4. The Balaban J connectivity index is 1.40. The molecule has 2 saturated heterocycles. The van der Waals surface area contributed by atoms with Gasteiger partial charge in [0.15, 0.2) is 6.29 Å². The van der Waals surface area contributed by atoms with Gasteiger partial charge in [0.1, 0.15) is 30.0 Å². The summed E-state index contributed by atoms with van der Waals surface area (Å²) >= 11 is 0. The Labute approximate surface area is 262 Å². The number of rotatable bonds is 10. The molecule has 260 valence electrons. The Hall–Kier alpha value is -1.13. The van der Waals surface area contributed by atoms with Crippen LogP contribution in [0.4, 0.5) is 0 Å². The van der Waals surface area contributed by atoms with Crippen molar-refractivity contribution in [2.75, 3.05) is 19.7 Å². The van der Waals surface area contributed by atoms with E-state index in [1.807, 2.05) is 0 Å². The maximum Gasteiger partial charge on any atom is 0.252 e. The molecule has 45 heavy (non-hydrogen) atoms. The van der Waals surface area contributed by atoms with Gasteiger partial charge in [0.05, 0.1) is 43.1 Å². The van der Waals surface area contributed by atoms with Crippen LogP contribution >= 0.6 is 0 Å². The molecule has 17 nitrogen and oxygen atoms in total. The summed E-state index contributed by atoms with van der Waals surface area (Å²) in [6.07, 6.45) is -8.41. The summed E-state index contributed by atoms with van der Waals surface area (Å²) in [6, 6.07) is -3.56. The number of carbonyl (C=O) groups excluding carboxylic acids is 1. The Bertz CT molecular complexity index is 1000. The van der Waals surface area contributed by atoms with E-state index in [-0.39, 0.29) is 44.3 Å². The smallest absolute Gasteiger partial charge is 0.252 e. The fraction of sp³-hybridized carbons (Fsp3) is 0.964. The van der Waals surface area contributed by atoms with Crippen molar-refractivity contribution in [1.82, 2.24) is 10.6 Å². The molecule has 5 rings (SSSR count).